The Morgan fingerprint density at radius 2 is 2.18 bits per heavy atom. The molecule has 0 aliphatic heterocycles. The van der Waals surface area contributed by atoms with Crippen LogP contribution in [-0.4, -0.2) is 18.2 Å². The fourth-order valence-electron chi connectivity index (χ4n) is 1.52. The van der Waals surface area contributed by atoms with Crippen LogP contribution in [0.5, 0.6) is 5.75 Å². The second-order valence-electron chi connectivity index (χ2n) is 3.35. The number of carboxylic acid groups (broad SMARTS) is 1. The van der Waals surface area contributed by atoms with Gasteiger partial charge in [-0.2, -0.15) is 11.3 Å². The Morgan fingerprint density at radius 1 is 1.41 bits per heavy atom. The van der Waals surface area contributed by atoms with Gasteiger partial charge in [-0.05, 0) is 39.0 Å². The van der Waals surface area contributed by atoms with Crippen molar-refractivity contribution in [3.8, 4) is 16.9 Å². The molecular formula is C12H9BrO3S. The molecule has 0 spiro atoms. The van der Waals surface area contributed by atoms with Crippen LogP contribution in [-0.2, 0) is 0 Å². The first-order chi connectivity index (χ1) is 8.13. The summed E-state index contributed by atoms with van der Waals surface area (Å²) < 4.78 is 5.94. The van der Waals surface area contributed by atoms with Gasteiger partial charge >= 0.3 is 5.97 Å². The van der Waals surface area contributed by atoms with E-state index in [-0.39, 0.29) is 0 Å². The number of hydrogen-bond acceptors (Lipinski definition) is 3. The summed E-state index contributed by atoms with van der Waals surface area (Å²) in [5.41, 5.74) is 1.91. The van der Waals surface area contributed by atoms with E-state index in [4.69, 9.17) is 9.84 Å². The molecule has 88 valence electrons. The number of halogens is 1. The van der Waals surface area contributed by atoms with Crippen molar-refractivity contribution < 1.29 is 14.6 Å². The minimum Gasteiger partial charge on any atom is -0.496 e. The van der Waals surface area contributed by atoms with E-state index in [1.54, 1.807) is 12.5 Å². The maximum Gasteiger partial charge on any atom is 0.337 e. The SMILES string of the molecule is COc1ccc(-c2cscc2C(=O)O)cc1Br. The number of ether oxygens (including phenoxy) is 1. The minimum atomic E-state index is -0.909. The molecule has 17 heavy (non-hydrogen) atoms. The monoisotopic (exact) mass is 312 g/mol. The van der Waals surface area contributed by atoms with Crippen molar-refractivity contribution in [2.45, 2.75) is 0 Å². The van der Waals surface area contributed by atoms with E-state index >= 15 is 0 Å². The van der Waals surface area contributed by atoms with Crippen LogP contribution in [0.3, 0.4) is 0 Å². The van der Waals surface area contributed by atoms with Gasteiger partial charge in [0.15, 0.2) is 0 Å². The molecule has 0 fully saturated rings. The lowest BCUT2D eigenvalue weighted by atomic mass is 10.0. The number of rotatable bonds is 3. The summed E-state index contributed by atoms with van der Waals surface area (Å²) >= 11 is 4.76. The molecule has 3 nitrogen and oxygen atoms in total. The lowest BCUT2D eigenvalue weighted by Gasteiger charge is -2.06. The van der Waals surface area contributed by atoms with Gasteiger partial charge in [-0.1, -0.05) is 6.07 Å². The molecule has 1 N–H and O–H groups in total. The van der Waals surface area contributed by atoms with E-state index in [9.17, 15) is 4.79 Å². The number of benzene rings is 1. The first-order valence-electron chi connectivity index (χ1n) is 4.77. The average Bonchev–Trinajstić information content (AvgIpc) is 2.77. The van der Waals surface area contributed by atoms with Crippen molar-refractivity contribution in [3.63, 3.8) is 0 Å². The van der Waals surface area contributed by atoms with E-state index in [0.717, 1.165) is 21.3 Å². The number of thiophene rings is 1. The van der Waals surface area contributed by atoms with Crippen molar-refractivity contribution in [2.75, 3.05) is 7.11 Å². The van der Waals surface area contributed by atoms with Crippen LogP contribution < -0.4 is 4.74 Å². The molecule has 0 bridgehead atoms. The van der Waals surface area contributed by atoms with Gasteiger partial charge in [0.1, 0.15) is 5.75 Å². The fourth-order valence-corrected chi connectivity index (χ4v) is 2.89. The van der Waals surface area contributed by atoms with Crippen LogP contribution in [0, 0.1) is 0 Å². The molecule has 0 aliphatic carbocycles. The predicted octanol–water partition coefficient (Wildman–Crippen LogP) is 3.88. The summed E-state index contributed by atoms with van der Waals surface area (Å²) in [5.74, 6) is -0.186. The number of hydrogen-bond donors (Lipinski definition) is 1. The van der Waals surface area contributed by atoms with E-state index in [2.05, 4.69) is 15.9 Å². The highest BCUT2D eigenvalue weighted by Gasteiger charge is 2.13. The van der Waals surface area contributed by atoms with Gasteiger partial charge in [0.05, 0.1) is 17.1 Å². The van der Waals surface area contributed by atoms with Crippen molar-refractivity contribution in [1.29, 1.82) is 0 Å². The zero-order chi connectivity index (χ0) is 12.4. The molecular weight excluding hydrogens is 304 g/mol. The molecule has 1 aromatic heterocycles. The molecule has 2 rings (SSSR count). The topological polar surface area (TPSA) is 46.5 Å². The summed E-state index contributed by atoms with van der Waals surface area (Å²) in [6.07, 6.45) is 0. The van der Waals surface area contributed by atoms with Crippen LogP contribution in [0.25, 0.3) is 11.1 Å². The largest absolute Gasteiger partial charge is 0.496 e. The molecule has 5 heteroatoms. The lowest BCUT2D eigenvalue weighted by molar-refractivity contribution is 0.0698. The van der Waals surface area contributed by atoms with Crippen molar-refractivity contribution in [3.05, 3.63) is 39.0 Å². The third-order valence-electron chi connectivity index (χ3n) is 2.36. The first-order valence-corrected chi connectivity index (χ1v) is 6.50. The van der Waals surface area contributed by atoms with Crippen molar-refractivity contribution >= 4 is 33.2 Å². The van der Waals surface area contributed by atoms with Crippen molar-refractivity contribution in [1.82, 2.24) is 0 Å². The van der Waals surface area contributed by atoms with E-state index in [1.807, 2.05) is 23.6 Å². The number of aromatic carboxylic acids is 1. The second kappa shape index (κ2) is 4.89. The van der Waals surface area contributed by atoms with Crippen LogP contribution in [0.1, 0.15) is 10.4 Å². The normalized spacial score (nSPS) is 10.2. The van der Waals surface area contributed by atoms with Crippen LogP contribution in [0.2, 0.25) is 0 Å². The van der Waals surface area contributed by atoms with E-state index in [0.29, 0.717) is 5.56 Å². The Kier molecular flexibility index (Phi) is 3.49. The molecule has 0 saturated heterocycles. The van der Waals surface area contributed by atoms with Gasteiger partial charge in [0.25, 0.3) is 0 Å². The maximum atomic E-state index is 11.0. The zero-order valence-corrected chi connectivity index (χ0v) is 11.3. The Balaban J connectivity index is 2.50. The molecule has 1 heterocycles. The predicted molar refractivity (Wildman–Crippen MR) is 71.0 cm³/mol. The van der Waals surface area contributed by atoms with Crippen LogP contribution in [0.15, 0.2) is 33.4 Å². The van der Waals surface area contributed by atoms with Gasteiger partial charge in [-0.25, -0.2) is 4.79 Å². The van der Waals surface area contributed by atoms with Gasteiger partial charge in [-0.3, -0.25) is 0 Å². The van der Waals surface area contributed by atoms with Crippen LogP contribution in [0.4, 0.5) is 0 Å². The lowest BCUT2D eigenvalue weighted by Crippen LogP contribution is -1.96. The highest BCUT2D eigenvalue weighted by molar-refractivity contribution is 9.10. The fraction of sp³-hybridized carbons (Fsp3) is 0.0833. The third-order valence-corrected chi connectivity index (χ3v) is 3.72. The smallest absolute Gasteiger partial charge is 0.337 e. The average molecular weight is 313 g/mol. The van der Waals surface area contributed by atoms with Crippen LogP contribution >= 0.6 is 27.3 Å². The summed E-state index contributed by atoms with van der Waals surface area (Å²) in [6, 6.07) is 5.51. The summed E-state index contributed by atoms with van der Waals surface area (Å²) in [5, 5.41) is 12.5. The minimum absolute atomic E-state index is 0.326. The summed E-state index contributed by atoms with van der Waals surface area (Å²) in [6.45, 7) is 0. The van der Waals surface area contributed by atoms with E-state index in [1.165, 1.54) is 11.3 Å². The van der Waals surface area contributed by atoms with Crippen molar-refractivity contribution in [2.24, 2.45) is 0 Å². The standard InChI is InChI=1S/C12H9BrO3S/c1-16-11-3-2-7(4-10(11)13)8-5-17-6-9(8)12(14)15/h2-6H,1H3,(H,14,15). The number of carbonyl (C=O) groups is 1. The molecule has 0 saturated carbocycles. The molecule has 1 aromatic carbocycles. The molecule has 0 aliphatic rings. The van der Waals surface area contributed by atoms with Gasteiger partial charge in [-0.15, -0.1) is 0 Å². The third kappa shape index (κ3) is 2.35. The molecule has 0 radical (unpaired) electrons. The highest BCUT2D eigenvalue weighted by atomic mass is 79.9. The molecule has 0 atom stereocenters. The maximum absolute atomic E-state index is 11.0. The molecule has 2 aromatic rings. The quantitative estimate of drug-likeness (QED) is 0.935. The summed E-state index contributed by atoms with van der Waals surface area (Å²) in [4.78, 5) is 11.0. The second-order valence-corrected chi connectivity index (χ2v) is 4.95. The number of methoxy groups -OCH3 is 1. The van der Waals surface area contributed by atoms with Gasteiger partial charge in [0, 0.05) is 10.9 Å². The molecule has 0 unspecified atom stereocenters. The summed E-state index contributed by atoms with van der Waals surface area (Å²) in [7, 11) is 1.59. The van der Waals surface area contributed by atoms with Gasteiger partial charge in [0.2, 0.25) is 0 Å². The first kappa shape index (κ1) is 12.1. The Morgan fingerprint density at radius 3 is 2.76 bits per heavy atom. The Bertz CT molecular complexity index is 563. The number of carboxylic acids is 1. The van der Waals surface area contributed by atoms with Gasteiger partial charge < -0.3 is 9.84 Å². The Hall–Kier alpha value is -1.33. The van der Waals surface area contributed by atoms with E-state index < -0.39 is 5.97 Å². The zero-order valence-electron chi connectivity index (χ0n) is 8.94. The molecule has 0 amide bonds. The highest BCUT2D eigenvalue weighted by Crippen LogP contribution is 2.33. The Labute approximate surface area is 111 Å².